The first-order valence-corrected chi connectivity index (χ1v) is 10.2. The summed E-state index contributed by atoms with van der Waals surface area (Å²) >= 11 is 5.93. The molecule has 0 heterocycles. The first-order chi connectivity index (χ1) is 12.8. The van der Waals surface area contributed by atoms with Gasteiger partial charge in [0.05, 0.1) is 22.5 Å². The topological polar surface area (TPSA) is 66.5 Å². The second-order valence-electron chi connectivity index (χ2n) is 6.30. The van der Waals surface area contributed by atoms with Crippen LogP contribution in [-0.2, 0) is 21.0 Å². The van der Waals surface area contributed by atoms with Crippen LogP contribution in [0.5, 0.6) is 0 Å². The van der Waals surface area contributed by atoms with Crippen molar-refractivity contribution in [2.45, 2.75) is 20.0 Å². The number of hydrogen-bond acceptors (Lipinski definition) is 3. The summed E-state index contributed by atoms with van der Waals surface area (Å²) in [5.74, 6) is -0.717. The minimum absolute atomic E-state index is 0.224. The fraction of sp³-hybridized carbons (Fsp3) is 0.278. The molecule has 0 aromatic heterocycles. The van der Waals surface area contributed by atoms with E-state index in [-0.39, 0.29) is 5.02 Å². The van der Waals surface area contributed by atoms with Crippen LogP contribution >= 0.6 is 11.6 Å². The van der Waals surface area contributed by atoms with Gasteiger partial charge in [-0.25, -0.2) is 8.42 Å². The highest BCUT2D eigenvalue weighted by molar-refractivity contribution is 7.92. The fourth-order valence-corrected chi connectivity index (χ4v) is 3.66. The molecule has 10 heteroatoms. The summed E-state index contributed by atoms with van der Waals surface area (Å²) in [6, 6.07) is 7.54. The number of amides is 1. The molecule has 0 unspecified atom stereocenters. The smallest absolute Gasteiger partial charge is 0.324 e. The molecule has 0 saturated carbocycles. The normalized spacial score (nSPS) is 12.0. The quantitative estimate of drug-likeness (QED) is 0.759. The predicted octanol–water partition coefficient (Wildman–Crippen LogP) is 4.38. The average Bonchev–Trinajstić information content (AvgIpc) is 2.54. The van der Waals surface area contributed by atoms with E-state index in [0.717, 1.165) is 29.5 Å². The summed E-state index contributed by atoms with van der Waals surface area (Å²) in [5.41, 5.74) is 0.713. The van der Waals surface area contributed by atoms with Crippen molar-refractivity contribution in [1.82, 2.24) is 0 Å². The van der Waals surface area contributed by atoms with Gasteiger partial charge in [-0.3, -0.25) is 9.10 Å². The van der Waals surface area contributed by atoms with E-state index < -0.39 is 39.9 Å². The van der Waals surface area contributed by atoms with E-state index >= 15 is 0 Å². The molecule has 5 nitrogen and oxygen atoms in total. The van der Waals surface area contributed by atoms with Crippen molar-refractivity contribution in [2.75, 3.05) is 22.4 Å². The highest BCUT2D eigenvalue weighted by Crippen LogP contribution is 2.36. The van der Waals surface area contributed by atoms with Gasteiger partial charge in [-0.2, -0.15) is 13.2 Å². The Morgan fingerprint density at radius 1 is 1.14 bits per heavy atom. The number of halogens is 4. The minimum Gasteiger partial charge on any atom is -0.324 e. The molecule has 2 rings (SSSR count). The number of carbonyl (C=O) groups excluding carboxylic acids is 1. The van der Waals surface area contributed by atoms with Gasteiger partial charge >= 0.3 is 6.18 Å². The van der Waals surface area contributed by atoms with Crippen LogP contribution in [0.2, 0.25) is 5.02 Å². The van der Waals surface area contributed by atoms with Crippen molar-refractivity contribution >= 4 is 38.9 Å². The van der Waals surface area contributed by atoms with E-state index in [4.69, 9.17) is 11.6 Å². The lowest BCUT2D eigenvalue weighted by atomic mass is 10.1. The maximum Gasteiger partial charge on any atom is 0.416 e. The van der Waals surface area contributed by atoms with E-state index in [1.807, 2.05) is 13.0 Å². The lowest BCUT2D eigenvalue weighted by Crippen LogP contribution is -2.37. The Morgan fingerprint density at radius 2 is 1.79 bits per heavy atom. The summed E-state index contributed by atoms with van der Waals surface area (Å²) < 4.78 is 63.8. The highest BCUT2D eigenvalue weighted by Gasteiger charge is 2.33. The summed E-state index contributed by atoms with van der Waals surface area (Å²) in [6.07, 6.45) is -3.90. The Kier molecular flexibility index (Phi) is 6.30. The molecular formula is C18H18ClF3N2O3S. The summed E-state index contributed by atoms with van der Waals surface area (Å²) in [4.78, 5) is 12.4. The van der Waals surface area contributed by atoms with Crippen molar-refractivity contribution in [3.05, 3.63) is 58.1 Å². The Hall–Kier alpha value is -2.26. The van der Waals surface area contributed by atoms with Crippen LogP contribution in [0.3, 0.4) is 0 Å². The van der Waals surface area contributed by atoms with Gasteiger partial charge in [0.1, 0.15) is 6.54 Å². The molecule has 2 aromatic carbocycles. The van der Waals surface area contributed by atoms with Crippen LogP contribution in [0.1, 0.15) is 16.7 Å². The zero-order chi connectivity index (χ0) is 21.3. The number of sulfonamides is 1. The standard InChI is InChI=1S/C18H18ClF3N2O3S/c1-11-4-7-15(12(2)8-11)23-17(25)10-24(28(3,26)27)16-9-13(18(20,21)22)5-6-14(16)19/h4-9H,10H2,1-3H3,(H,23,25). The van der Waals surface area contributed by atoms with Gasteiger partial charge in [0.2, 0.25) is 15.9 Å². The molecule has 0 fully saturated rings. The molecule has 0 aliphatic carbocycles. The molecule has 1 amide bonds. The van der Waals surface area contributed by atoms with Gasteiger partial charge in [0.15, 0.2) is 0 Å². The van der Waals surface area contributed by atoms with Crippen molar-refractivity contribution in [2.24, 2.45) is 0 Å². The van der Waals surface area contributed by atoms with Crippen molar-refractivity contribution < 1.29 is 26.4 Å². The lowest BCUT2D eigenvalue weighted by molar-refractivity contribution is -0.137. The minimum atomic E-state index is -4.69. The van der Waals surface area contributed by atoms with E-state index in [0.29, 0.717) is 16.1 Å². The first-order valence-electron chi connectivity index (χ1n) is 8.00. The lowest BCUT2D eigenvalue weighted by Gasteiger charge is -2.24. The number of anilines is 2. The van der Waals surface area contributed by atoms with Gasteiger partial charge in [-0.05, 0) is 43.7 Å². The molecule has 1 N–H and O–H groups in total. The van der Waals surface area contributed by atoms with E-state index in [2.05, 4.69) is 5.32 Å². The third-order valence-corrected chi connectivity index (χ3v) is 5.33. The van der Waals surface area contributed by atoms with Gasteiger partial charge in [0, 0.05) is 5.69 Å². The number of nitrogens with zero attached hydrogens (tertiary/aromatic N) is 1. The number of aryl methyl sites for hydroxylation is 2. The SMILES string of the molecule is Cc1ccc(NC(=O)CN(c2cc(C(F)(F)F)ccc2Cl)S(C)(=O)=O)c(C)c1. The molecule has 0 aliphatic heterocycles. The predicted molar refractivity (Wildman–Crippen MR) is 103 cm³/mol. The average molecular weight is 435 g/mol. The summed E-state index contributed by atoms with van der Waals surface area (Å²) in [6.45, 7) is 2.91. The molecule has 28 heavy (non-hydrogen) atoms. The van der Waals surface area contributed by atoms with Crippen LogP contribution in [0.4, 0.5) is 24.5 Å². The van der Waals surface area contributed by atoms with Crippen molar-refractivity contribution in [3.8, 4) is 0 Å². The molecule has 152 valence electrons. The second kappa shape index (κ2) is 8.00. The maximum atomic E-state index is 13.0. The maximum absolute atomic E-state index is 13.0. The molecule has 0 bridgehead atoms. The molecule has 0 atom stereocenters. The third kappa shape index (κ3) is 5.39. The zero-order valence-electron chi connectivity index (χ0n) is 15.3. The van der Waals surface area contributed by atoms with Crippen LogP contribution in [0, 0.1) is 13.8 Å². The number of rotatable bonds is 5. The van der Waals surface area contributed by atoms with E-state index in [1.165, 1.54) is 0 Å². The summed E-state index contributed by atoms with van der Waals surface area (Å²) in [5, 5.41) is 2.34. The Bertz CT molecular complexity index is 1010. The van der Waals surface area contributed by atoms with E-state index in [9.17, 15) is 26.4 Å². The number of hydrogen-bond donors (Lipinski definition) is 1. The number of nitrogens with one attached hydrogen (secondary N) is 1. The third-order valence-electron chi connectivity index (χ3n) is 3.89. The van der Waals surface area contributed by atoms with Gasteiger partial charge < -0.3 is 5.32 Å². The van der Waals surface area contributed by atoms with Gasteiger partial charge in [0.25, 0.3) is 0 Å². The molecule has 2 aromatic rings. The molecule has 0 saturated heterocycles. The van der Waals surface area contributed by atoms with Gasteiger partial charge in [-0.1, -0.05) is 29.3 Å². The Labute approximate surface area is 166 Å². The van der Waals surface area contributed by atoms with Crippen molar-refractivity contribution in [3.63, 3.8) is 0 Å². The van der Waals surface area contributed by atoms with Crippen LogP contribution in [-0.4, -0.2) is 27.1 Å². The highest BCUT2D eigenvalue weighted by atomic mass is 35.5. The molecule has 0 aliphatic rings. The summed E-state index contributed by atoms with van der Waals surface area (Å²) in [7, 11) is -4.09. The number of alkyl halides is 3. The van der Waals surface area contributed by atoms with Gasteiger partial charge in [-0.15, -0.1) is 0 Å². The van der Waals surface area contributed by atoms with Crippen LogP contribution < -0.4 is 9.62 Å². The van der Waals surface area contributed by atoms with Crippen LogP contribution in [0.25, 0.3) is 0 Å². The molecular weight excluding hydrogens is 417 g/mol. The zero-order valence-corrected chi connectivity index (χ0v) is 16.8. The Morgan fingerprint density at radius 3 is 2.32 bits per heavy atom. The van der Waals surface area contributed by atoms with Crippen molar-refractivity contribution in [1.29, 1.82) is 0 Å². The van der Waals surface area contributed by atoms with Crippen LogP contribution in [0.15, 0.2) is 36.4 Å². The largest absolute Gasteiger partial charge is 0.416 e. The number of carbonyl (C=O) groups is 1. The molecule has 0 radical (unpaired) electrons. The fourth-order valence-electron chi connectivity index (χ4n) is 2.54. The van der Waals surface area contributed by atoms with E-state index in [1.54, 1.807) is 19.1 Å². The Balaban J connectivity index is 2.37. The molecule has 0 spiro atoms. The second-order valence-corrected chi connectivity index (χ2v) is 8.61. The monoisotopic (exact) mass is 434 g/mol. The number of benzene rings is 2. The first kappa shape index (κ1) is 22.0.